The summed E-state index contributed by atoms with van der Waals surface area (Å²) in [6.45, 7) is 2.01. The highest BCUT2D eigenvalue weighted by molar-refractivity contribution is 7.99. The molecular formula is C13H18N2S2. The van der Waals surface area contributed by atoms with Crippen LogP contribution in [0, 0.1) is 18.3 Å². The van der Waals surface area contributed by atoms with E-state index in [1.165, 1.54) is 37.1 Å². The standard InChI is InChI=1S/C13H18N2S2/c1-10-12(7-8-14)17-13(15-10)9-16-11-5-3-2-4-6-11/h11H,2-7,9H2,1H3. The molecule has 0 atom stereocenters. The summed E-state index contributed by atoms with van der Waals surface area (Å²) in [4.78, 5) is 5.71. The van der Waals surface area contributed by atoms with E-state index in [2.05, 4.69) is 22.8 Å². The van der Waals surface area contributed by atoms with Gasteiger partial charge in [-0.05, 0) is 19.8 Å². The molecule has 1 heterocycles. The van der Waals surface area contributed by atoms with Crippen LogP contribution in [0.4, 0.5) is 0 Å². The first-order chi connectivity index (χ1) is 8.29. The minimum absolute atomic E-state index is 0.512. The Labute approximate surface area is 111 Å². The Morgan fingerprint density at radius 3 is 2.88 bits per heavy atom. The van der Waals surface area contributed by atoms with Gasteiger partial charge >= 0.3 is 0 Å². The zero-order valence-electron chi connectivity index (χ0n) is 10.2. The molecule has 4 heteroatoms. The van der Waals surface area contributed by atoms with Gasteiger partial charge in [0.2, 0.25) is 0 Å². The zero-order valence-corrected chi connectivity index (χ0v) is 11.9. The first kappa shape index (κ1) is 12.9. The van der Waals surface area contributed by atoms with Crippen molar-refractivity contribution in [2.45, 2.75) is 56.5 Å². The predicted octanol–water partition coefficient (Wildman–Crippen LogP) is 4.08. The van der Waals surface area contributed by atoms with Crippen LogP contribution in [0.15, 0.2) is 0 Å². The van der Waals surface area contributed by atoms with Crippen LogP contribution in [-0.2, 0) is 12.2 Å². The van der Waals surface area contributed by atoms with Crippen LogP contribution in [0.2, 0.25) is 0 Å². The second-order valence-electron chi connectivity index (χ2n) is 4.52. The van der Waals surface area contributed by atoms with Crippen molar-refractivity contribution in [1.82, 2.24) is 4.98 Å². The highest BCUT2D eigenvalue weighted by Gasteiger charge is 2.15. The van der Waals surface area contributed by atoms with Crippen LogP contribution in [-0.4, -0.2) is 10.2 Å². The highest BCUT2D eigenvalue weighted by atomic mass is 32.2. The number of aromatic nitrogens is 1. The average molecular weight is 266 g/mol. The molecule has 0 aromatic carbocycles. The third-order valence-electron chi connectivity index (χ3n) is 3.17. The van der Waals surface area contributed by atoms with Gasteiger partial charge < -0.3 is 0 Å². The number of thioether (sulfide) groups is 1. The Hall–Kier alpha value is -0.530. The second-order valence-corrected chi connectivity index (χ2v) is 6.98. The topological polar surface area (TPSA) is 36.7 Å². The Bertz CT molecular complexity index is 400. The summed E-state index contributed by atoms with van der Waals surface area (Å²) in [6.07, 6.45) is 7.47. The molecule has 17 heavy (non-hydrogen) atoms. The van der Waals surface area contributed by atoms with Crippen molar-refractivity contribution in [3.05, 3.63) is 15.6 Å². The number of rotatable bonds is 4. The Balaban J connectivity index is 1.86. The summed E-state index contributed by atoms with van der Waals surface area (Å²) in [5.41, 5.74) is 1.05. The van der Waals surface area contributed by atoms with Gasteiger partial charge in [-0.1, -0.05) is 19.3 Å². The summed E-state index contributed by atoms with van der Waals surface area (Å²) >= 11 is 3.77. The van der Waals surface area contributed by atoms with E-state index in [4.69, 9.17) is 5.26 Å². The molecule has 0 radical (unpaired) electrons. The van der Waals surface area contributed by atoms with Crippen molar-refractivity contribution in [3.63, 3.8) is 0 Å². The van der Waals surface area contributed by atoms with Gasteiger partial charge in [-0.25, -0.2) is 4.98 Å². The second kappa shape index (κ2) is 6.42. The minimum Gasteiger partial charge on any atom is -0.245 e. The quantitative estimate of drug-likeness (QED) is 0.824. The lowest BCUT2D eigenvalue weighted by atomic mass is 10.0. The van der Waals surface area contributed by atoms with E-state index in [9.17, 15) is 0 Å². The van der Waals surface area contributed by atoms with Crippen molar-refractivity contribution >= 4 is 23.1 Å². The highest BCUT2D eigenvalue weighted by Crippen LogP contribution is 2.32. The number of thiazole rings is 1. The van der Waals surface area contributed by atoms with Gasteiger partial charge in [-0.15, -0.1) is 11.3 Å². The maximum atomic E-state index is 8.71. The number of aryl methyl sites for hydroxylation is 1. The van der Waals surface area contributed by atoms with Crippen molar-refractivity contribution < 1.29 is 0 Å². The number of nitrogens with zero attached hydrogens (tertiary/aromatic N) is 2. The van der Waals surface area contributed by atoms with Crippen LogP contribution in [0.25, 0.3) is 0 Å². The smallest absolute Gasteiger partial charge is 0.103 e. The lowest BCUT2D eigenvalue weighted by Gasteiger charge is -2.20. The van der Waals surface area contributed by atoms with E-state index in [0.29, 0.717) is 6.42 Å². The van der Waals surface area contributed by atoms with Crippen LogP contribution in [0.1, 0.15) is 47.7 Å². The Kier molecular flexibility index (Phi) is 4.87. The van der Waals surface area contributed by atoms with E-state index in [-0.39, 0.29) is 0 Å². The molecule has 1 aliphatic carbocycles. The fourth-order valence-corrected chi connectivity index (χ4v) is 4.55. The summed E-state index contributed by atoms with van der Waals surface area (Å²) < 4.78 is 0. The third kappa shape index (κ3) is 3.72. The molecule has 92 valence electrons. The Morgan fingerprint density at radius 2 is 2.18 bits per heavy atom. The summed E-state index contributed by atoms with van der Waals surface area (Å²) in [5, 5.41) is 10.7. The largest absolute Gasteiger partial charge is 0.245 e. The normalized spacial score (nSPS) is 16.9. The van der Waals surface area contributed by atoms with Crippen LogP contribution in [0.3, 0.4) is 0 Å². The van der Waals surface area contributed by atoms with E-state index in [1.807, 2.05) is 6.92 Å². The summed E-state index contributed by atoms with van der Waals surface area (Å²) in [5.74, 6) is 1.03. The van der Waals surface area contributed by atoms with E-state index < -0.39 is 0 Å². The molecule has 2 rings (SSSR count). The third-order valence-corrected chi connectivity index (χ3v) is 5.89. The van der Waals surface area contributed by atoms with Gasteiger partial charge in [0.1, 0.15) is 5.01 Å². The van der Waals surface area contributed by atoms with E-state index >= 15 is 0 Å². The van der Waals surface area contributed by atoms with Gasteiger partial charge in [-0.3, -0.25) is 0 Å². The molecule has 1 fully saturated rings. The van der Waals surface area contributed by atoms with E-state index in [1.54, 1.807) is 11.3 Å². The monoisotopic (exact) mass is 266 g/mol. The fourth-order valence-electron chi connectivity index (χ4n) is 2.21. The molecule has 0 bridgehead atoms. The molecular weight excluding hydrogens is 248 g/mol. The lowest BCUT2D eigenvalue weighted by Crippen LogP contribution is -2.08. The molecule has 1 saturated carbocycles. The van der Waals surface area contributed by atoms with Crippen LogP contribution >= 0.6 is 23.1 Å². The molecule has 2 nitrogen and oxygen atoms in total. The fraction of sp³-hybridized carbons (Fsp3) is 0.692. The van der Waals surface area contributed by atoms with Crippen LogP contribution in [0.5, 0.6) is 0 Å². The molecule has 1 aromatic rings. The number of hydrogen-bond acceptors (Lipinski definition) is 4. The Morgan fingerprint density at radius 1 is 1.41 bits per heavy atom. The molecule has 0 aliphatic heterocycles. The van der Waals surface area contributed by atoms with E-state index in [0.717, 1.165) is 21.6 Å². The van der Waals surface area contributed by atoms with Gasteiger partial charge in [0.25, 0.3) is 0 Å². The molecule has 0 unspecified atom stereocenters. The average Bonchev–Trinajstić information content (AvgIpc) is 2.70. The minimum atomic E-state index is 0.512. The maximum absolute atomic E-state index is 8.71. The molecule has 0 amide bonds. The van der Waals surface area contributed by atoms with Crippen molar-refractivity contribution in [1.29, 1.82) is 5.26 Å². The van der Waals surface area contributed by atoms with Gasteiger partial charge in [0.15, 0.2) is 0 Å². The van der Waals surface area contributed by atoms with Gasteiger partial charge in [-0.2, -0.15) is 17.0 Å². The number of hydrogen-bond donors (Lipinski definition) is 0. The van der Waals surface area contributed by atoms with Crippen molar-refractivity contribution in [3.8, 4) is 6.07 Å². The molecule has 1 aromatic heterocycles. The molecule has 1 aliphatic rings. The summed E-state index contributed by atoms with van der Waals surface area (Å²) in [7, 11) is 0. The van der Waals surface area contributed by atoms with Crippen molar-refractivity contribution in [2.24, 2.45) is 0 Å². The molecule has 0 N–H and O–H groups in total. The number of nitriles is 1. The SMILES string of the molecule is Cc1nc(CSC2CCCCC2)sc1CC#N. The molecule has 0 spiro atoms. The van der Waals surface area contributed by atoms with Gasteiger partial charge in [0.05, 0.1) is 18.2 Å². The van der Waals surface area contributed by atoms with Crippen molar-refractivity contribution in [2.75, 3.05) is 0 Å². The van der Waals surface area contributed by atoms with Gasteiger partial charge in [0, 0.05) is 15.9 Å². The first-order valence-corrected chi connectivity index (χ1v) is 8.10. The van der Waals surface area contributed by atoms with Crippen LogP contribution < -0.4 is 0 Å². The first-order valence-electron chi connectivity index (χ1n) is 6.23. The lowest BCUT2D eigenvalue weighted by molar-refractivity contribution is 0.516. The molecule has 0 saturated heterocycles. The summed E-state index contributed by atoms with van der Waals surface area (Å²) in [6, 6.07) is 2.21. The predicted molar refractivity (Wildman–Crippen MR) is 74.3 cm³/mol. The maximum Gasteiger partial charge on any atom is 0.103 e. The zero-order chi connectivity index (χ0) is 12.1.